The van der Waals surface area contributed by atoms with Crippen LogP contribution in [0.5, 0.6) is 0 Å². The molecule has 0 saturated carbocycles. The lowest BCUT2D eigenvalue weighted by Gasteiger charge is -2.33. The van der Waals surface area contributed by atoms with Gasteiger partial charge in [0, 0.05) is 32.2 Å². The molecule has 14 heavy (non-hydrogen) atoms. The van der Waals surface area contributed by atoms with Crippen molar-refractivity contribution in [1.82, 2.24) is 9.80 Å². The van der Waals surface area contributed by atoms with Gasteiger partial charge in [0.05, 0.1) is 19.3 Å². The highest BCUT2D eigenvalue weighted by Crippen LogP contribution is 2.17. The number of rotatable bonds is 2. The maximum Gasteiger partial charge on any atom is 0.0834 e. The SMILES string of the molecule is CCN1CC(O)C(N2CCOCC2)C1. The van der Waals surface area contributed by atoms with Crippen LogP contribution in [0.2, 0.25) is 0 Å². The van der Waals surface area contributed by atoms with Crippen LogP contribution in [0, 0.1) is 0 Å². The summed E-state index contributed by atoms with van der Waals surface area (Å²) in [5.41, 5.74) is 0. The summed E-state index contributed by atoms with van der Waals surface area (Å²) >= 11 is 0. The Morgan fingerprint density at radius 2 is 2.00 bits per heavy atom. The smallest absolute Gasteiger partial charge is 0.0834 e. The third kappa shape index (κ3) is 2.08. The van der Waals surface area contributed by atoms with Crippen LogP contribution in [0.1, 0.15) is 6.92 Å². The van der Waals surface area contributed by atoms with Gasteiger partial charge in [-0.25, -0.2) is 0 Å². The van der Waals surface area contributed by atoms with E-state index in [9.17, 15) is 5.11 Å². The predicted molar refractivity (Wildman–Crippen MR) is 54.3 cm³/mol. The Balaban J connectivity index is 1.90. The number of hydrogen-bond acceptors (Lipinski definition) is 4. The average molecular weight is 200 g/mol. The van der Waals surface area contributed by atoms with E-state index in [0.717, 1.165) is 45.9 Å². The van der Waals surface area contributed by atoms with Gasteiger partial charge < -0.3 is 9.84 Å². The van der Waals surface area contributed by atoms with Gasteiger partial charge in [0.15, 0.2) is 0 Å². The average Bonchev–Trinajstić information content (AvgIpc) is 2.61. The van der Waals surface area contributed by atoms with E-state index >= 15 is 0 Å². The zero-order valence-electron chi connectivity index (χ0n) is 8.85. The molecule has 0 amide bonds. The molecule has 82 valence electrons. The Kier molecular flexibility index (Phi) is 3.38. The Bertz CT molecular complexity index is 183. The lowest BCUT2D eigenvalue weighted by atomic mass is 10.2. The summed E-state index contributed by atoms with van der Waals surface area (Å²) in [6.07, 6.45) is -0.173. The monoisotopic (exact) mass is 200 g/mol. The van der Waals surface area contributed by atoms with Crippen LogP contribution in [0.4, 0.5) is 0 Å². The highest BCUT2D eigenvalue weighted by atomic mass is 16.5. The molecule has 2 unspecified atom stereocenters. The third-order valence-corrected chi connectivity index (χ3v) is 3.30. The van der Waals surface area contributed by atoms with Gasteiger partial charge in [-0.05, 0) is 6.54 Å². The zero-order chi connectivity index (χ0) is 9.97. The minimum absolute atomic E-state index is 0.173. The Hall–Kier alpha value is -0.160. The molecular formula is C10H20N2O2. The van der Waals surface area contributed by atoms with E-state index in [1.807, 2.05) is 0 Å². The number of ether oxygens (including phenoxy) is 1. The highest BCUT2D eigenvalue weighted by Gasteiger charge is 2.35. The van der Waals surface area contributed by atoms with E-state index in [1.165, 1.54) is 0 Å². The number of β-amino-alcohol motifs (C(OH)–C–C–N with tert-alkyl or cyclic N) is 1. The first-order valence-corrected chi connectivity index (χ1v) is 5.53. The lowest BCUT2D eigenvalue weighted by molar-refractivity contribution is -0.00615. The maximum atomic E-state index is 9.92. The fraction of sp³-hybridized carbons (Fsp3) is 1.00. The summed E-state index contributed by atoms with van der Waals surface area (Å²) in [4.78, 5) is 4.68. The minimum atomic E-state index is -0.173. The van der Waals surface area contributed by atoms with Crippen LogP contribution in [-0.2, 0) is 4.74 Å². The molecule has 0 aromatic carbocycles. The maximum absolute atomic E-state index is 9.92. The van der Waals surface area contributed by atoms with Crippen molar-refractivity contribution in [3.05, 3.63) is 0 Å². The molecular weight excluding hydrogens is 180 g/mol. The van der Waals surface area contributed by atoms with E-state index in [-0.39, 0.29) is 6.10 Å². The van der Waals surface area contributed by atoms with Crippen LogP contribution >= 0.6 is 0 Å². The molecule has 0 aliphatic carbocycles. The molecule has 0 bridgehead atoms. The Morgan fingerprint density at radius 3 is 2.57 bits per heavy atom. The van der Waals surface area contributed by atoms with Crippen molar-refractivity contribution in [2.75, 3.05) is 45.9 Å². The number of aliphatic hydroxyl groups is 1. The molecule has 0 spiro atoms. The number of nitrogens with zero attached hydrogens (tertiary/aromatic N) is 2. The molecule has 2 fully saturated rings. The van der Waals surface area contributed by atoms with Crippen molar-refractivity contribution >= 4 is 0 Å². The summed E-state index contributed by atoms with van der Waals surface area (Å²) in [6.45, 7) is 8.60. The molecule has 1 N–H and O–H groups in total. The summed E-state index contributed by atoms with van der Waals surface area (Å²) in [7, 11) is 0. The zero-order valence-corrected chi connectivity index (χ0v) is 8.85. The standard InChI is InChI=1S/C10H20N2O2/c1-2-11-7-9(10(13)8-11)12-3-5-14-6-4-12/h9-10,13H,2-8H2,1H3. The molecule has 2 saturated heterocycles. The first kappa shape index (κ1) is 10.4. The van der Waals surface area contributed by atoms with Crippen LogP contribution in [0.3, 0.4) is 0 Å². The van der Waals surface area contributed by atoms with Crippen molar-refractivity contribution in [2.24, 2.45) is 0 Å². The number of hydrogen-bond donors (Lipinski definition) is 1. The Morgan fingerprint density at radius 1 is 1.29 bits per heavy atom. The number of likely N-dealkylation sites (tertiary alicyclic amines) is 1. The number of likely N-dealkylation sites (N-methyl/N-ethyl adjacent to an activating group) is 1. The van der Waals surface area contributed by atoms with E-state index in [0.29, 0.717) is 6.04 Å². The van der Waals surface area contributed by atoms with Gasteiger partial charge in [0.1, 0.15) is 0 Å². The molecule has 0 aromatic heterocycles. The van der Waals surface area contributed by atoms with E-state index in [4.69, 9.17) is 4.74 Å². The molecule has 2 aliphatic rings. The van der Waals surface area contributed by atoms with Crippen LogP contribution in [-0.4, -0.2) is 73.0 Å². The molecule has 4 nitrogen and oxygen atoms in total. The fourth-order valence-electron chi connectivity index (χ4n) is 2.37. The first-order valence-electron chi connectivity index (χ1n) is 5.53. The van der Waals surface area contributed by atoms with Crippen LogP contribution < -0.4 is 0 Å². The van der Waals surface area contributed by atoms with E-state index in [2.05, 4.69) is 16.7 Å². The second-order valence-electron chi connectivity index (χ2n) is 4.14. The van der Waals surface area contributed by atoms with Crippen LogP contribution in [0.25, 0.3) is 0 Å². The van der Waals surface area contributed by atoms with Gasteiger partial charge in [-0.1, -0.05) is 6.92 Å². The van der Waals surface area contributed by atoms with E-state index < -0.39 is 0 Å². The predicted octanol–water partition coefficient (Wildman–Crippen LogP) is -0.616. The normalized spacial score (nSPS) is 36.4. The summed E-state index contributed by atoms with van der Waals surface area (Å²) in [5.74, 6) is 0. The molecule has 2 atom stereocenters. The lowest BCUT2D eigenvalue weighted by Crippen LogP contribution is -2.48. The van der Waals surface area contributed by atoms with Crippen molar-refractivity contribution < 1.29 is 9.84 Å². The molecule has 2 heterocycles. The second kappa shape index (κ2) is 4.57. The van der Waals surface area contributed by atoms with Crippen molar-refractivity contribution in [1.29, 1.82) is 0 Å². The topological polar surface area (TPSA) is 35.9 Å². The summed E-state index contributed by atoms with van der Waals surface area (Å²) < 4.78 is 5.31. The van der Waals surface area contributed by atoms with Crippen molar-refractivity contribution in [3.8, 4) is 0 Å². The van der Waals surface area contributed by atoms with Gasteiger partial charge in [0.2, 0.25) is 0 Å². The quantitative estimate of drug-likeness (QED) is 0.645. The minimum Gasteiger partial charge on any atom is -0.390 e. The highest BCUT2D eigenvalue weighted by molar-refractivity contribution is 4.91. The third-order valence-electron chi connectivity index (χ3n) is 3.30. The Labute approximate surface area is 85.4 Å². The van der Waals surface area contributed by atoms with Gasteiger partial charge in [-0.15, -0.1) is 0 Å². The van der Waals surface area contributed by atoms with Crippen molar-refractivity contribution in [3.63, 3.8) is 0 Å². The second-order valence-corrected chi connectivity index (χ2v) is 4.14. The van der Waals surface area contributed by atoms with Gasteiger partial charge in [-0.2, -0.15) is 0 Å². The van der Waals surface area contributed by atoms with Gasteiger partial charge in [-0.3, -0.25) is 9.80 Å². The number of morpholine rings is 1. The van der Waals surface area contributed by atoms with Crippen molar-refractivity contribution in [2.45, 2.75) is 19.1 Å². The molecule has 0 aromatic rings. The molecule has 2 aliphatic heterocycles. The van der Waals surface area contributed by atoms with Crippen LogP contribution in [0.15, 0.2) is 0 Å². The van der Waals surface area contributed by atoms with Gasteiger partial charge >= 0.3 is 0 Å². The largest absolute Gasteiger partial charge is 0.390 e. The fourth-order valence-corrected chi connectivity index (χ4v) is 2.37. The molecule has 4 heteroatoms. The van der Waals surface area contributed by atoms with Gasteiger partial charge in [0.25, 0.3) is 0 Å². The van der Waals surface area contributed by atoms with E-state index in [1.54, 1.807) is 0 Å². The summed E-state index contributed by atoms with van der Waals surface area (Å²) in [5, 5.41) is 9.92. The molecule has 0 radical (unpaired) electrons. The summed E-state index contributed by atoms with van der Waals surface area (Å²) in [6, 6.07) is 0.332. The first-order chi connectivity index (χ1) is 6.81. The number of aliphatic hydroxyl groups excluding tert-OH is 1. The molecule has 2 rings (SSSR count).